The first-order chi connectivity index (χ1) is 24.6. The zero-order chi connectivity index (χ0) is 39.7. The maximum absolute atomic E-state index is 13.7. The summed E-state index contributed by atoms with van der Waals surface area (Å²) in [5.74, 6) is -1.83. The molecule has 2 aliphatic rings. The molecule has 1 aromatic carbocycles. The number of allylic oxidation sites excluding steroid dienone is 1. The zero-order valence-electron chi connectivity index (χ0n) is 31.2. The van der Waals surface area contributed by atoms with Crippen LogP contribution >= 0.6 is 0 Å². The normalized spacial score (nSPS) is 23.2. The van der Waals surface area contributed by atoms with E-state index in [1.54, 1.807) is 26.8 Å². The zero-order valence-corrected chi connectivity index (χ0v) is 32.8. The summed E-state index contributed by atoms with van der Waals surface area (Å²) in [6, 6.07) is 1.47. The highest BCUT2D eigenvalue weighted by Crippen LogP contribution is 2.38. The summed E-state index contributed by atoms with van der Waals surface area (Å²) >= 11 is -2.44. The van der Waals surface area contributed by atoms with Crippen LogP contribution in [-0.4, -0.2) is 69.2 Å². The average Bonchev–Trinajstić information content (AvgIpc) is 3.47. The van der Waals surface area contributed by atoms with E-state index in [1.165, 1.54) is 33.8 Å². The first kappa shape index (κ1) is 41.7. The molecule has 0 radical (unpaired) electrons. The summed E-state index contributed by atoms with van der Waals surface area (Å²) in [4.78, 5) is 56.9. The molecule has 0 saturated heterocycles. The van der Waals surface area contributed by atoms with Crippen molar-refractivity contribution in [2.45, 2.75) is 92.8 Å². The van der Waals surface area contributed by atoms with E-state index in [9.17, 15) is 36.1 Å². The third-order valence-electron chi connectivity index (χ3n) is 9.49. The summed E-state index contributed by atoms with van der Waals surface area (Å²) < 4.78 is 65.8. The van der Waals surface area contributed by atoms with Crippen molar-refractivity contribution in [2.75, 3.05) is 11.9 Å². The number of benzene rings is 1. The van der Waals surface area contributed by atoms with Gasteiger partial charge in [-0.2, -0.15) is 12.6 Å². The van der Waals surface area contributed by atoms with Crippen molar-refractivity contribution < 1.29 is 54.8 Å². The van der Waals surface area contributed by atoms with Crippen LogP contribution in [0.3, 0.4) is 0 Å². The molecule has 2 amide bonds. The highest BCUT2D eigenvalue weighted by Gasteiger charge is 2.42. The smallest absolute Gasteiger partial charge is 0.347 e. The van der Waals surface area contributed by atoms with Gasteiger partial charge in [0.2, 0.25) is 11.8 Å². The van der Waals surface area contributed by atoms with E-state index in [0.29, 0.717) is 40.1 Å². The Labute approximate surface area is 311 Å². The monoisotopic (exact) mass is 778 g/mol. The number of amides is 2. The fourth-order valence-electron chi connectivity index (χ4n) is 7.17. The number of nitrogens with zero attached hydrogens (tertiary/aromatic N) is 1. The molecule has 6 atom stereocenters. The van der Waals surface area contributed by atoms with E-state index in [1.807, 2.05) is 20.8 Å². The van der Waals surface area contributed by atoms with Gasteiger partial charge in [0.25, 0.3) is 10.1 Å². The summed E-state index contributed by atoms with van der Waals surface area (Å²) in [6.07, 6.45) is 1.30. The molecular weight excluding hydrogens is 733 g/mol. The van der Waals surface area contributed by atoms with E-state index in [0.717, 1.165) is 0 Å². The average molecular weight is 779 g/mol. The molecule has 16 nitrogen and oxygen atoms in total. The molecule has 1 aromatic heterocycles. The molecule has 18 heteroatoms. The van der Waals surface area contributed by atoms with Crippen LogP contribution in [0.2, 0.25) is 0 Å². The highest BCUT2D eigenvalue weighted by molar-refractivity contribution is 7.86. The van der Waals surface area contributed by atoms with Gasteiger partial charge in [0.1, 0.15) is 40.6 Å². The molecule has 53 heavy (non-hydrogen) atoms. The number of aliphatic imine (C=N–C) groups is 1. The van der Waals surface area contributed by atoms with Gasteiger partial charge in [0, 0.05) is 36.6 Å². The number of H-pyrrole nitrogens is 1. The third kappa shape index (κ3) is 9.37. The number of carbonyl (C=O) groups is 3. The van der Waals surface area contributed by atoms with Crippen LogP contribution in [0.25, 0.3) is 6.08 Å². The maximum atomic E-state index is 13.7. The fourth-order valence-corrected chi connectivity index (χ4v) is 8.67. The van der Waals surface area contributed by atoms with Crippen molar-refractivity contribution in [2.24, 2.45) is 22.7 Å². The summed E-state index contributed by atoms with van der Waals surface area (Å²) in [5.41, 5.74) is 2.94. The molecule has 1 fully saturated rings. The van der Waals surface area contributed by atoms with Gasteiger partial charge in [-0.05, 0) is 81.2 Å². The van der Waals surface area contributed by atoms with E-state index >= 15 is 0 Å². The van der Waals surface area contributed by atoms with Crippen LogP contribution in [0.15, 0.2) is 32.8 Å². The van der Waals surface area contributed by atoms with Crippen molar-refractivity contribution in [3.8, 4) is 5.75 Å². The van der Waals surface area contributed by atoms with Gasteiger partial charge in [0.05, 0.1) is 11.8 Å². The van der Waals surface area contributed by atoms with E-state index in [-0.39, 0.29) is 69.3 Å². The van der Waals surface area contributed by atoms with Gasteiger partial charge in [-0.15, -0.1) is 0 Å². The van der Waals surface area contributed by atoms with Gasteiger partial charge < -0.3 is 20.4 Å². The molecule has 0 bridgehead atoms. The molecule has 1 aliphatic heterocycles. The first-order valence-corrected chi connectivity index (χ1v) is 19.2. The minimum Gasteiger partial charge on any atom is -0.422 e. The van der Waals surface area contributed by atoms with Crippen molar-refractivity contribution in [1.29, 1.82) is 0 Å². The Balaban J connectivity index is 1.67. The molecule has 2 aromatic rings. The molecule has 1 saturated carbocycles. The van der Waals surface area contributed by atoms with Gasteiger partial charge in [-0.25, -0.2) is 19.6 Å². The van der Waals surface area contributed by atoms with Crippen LogP contribution in [0, 0.1) is 45.4 Å². The van der Waals surface area contributed by atoms with Crippen LogP contribution in [-0.2, 0) is 45.0 Å². The maximum Gasteiger partial charge on any atom is 0.347 e. The van der Waals surface area contributed by atoms with Gasteiger partial charge in [0.15, 0.2) is 0 Å². The number of amidine groups is 1. The molecule has 1 aliphatic carbocycles. The number of rotatable bonds is 11. The van der Waals surface area contributed by atoms with Gasteiger partial charge in [-0.1, -0.05) is 26.8 Å². The van der Waals surface area contributed by atoms with Crippen molar-refractivity contribution in [3.05, 3.63) is 56.4 Å². The second-order valence-corrected chi connectivity index (χ2v) is 15.7. The summed E-state index contributed by atoms with van der Waals surface area (Å²) in [5, 5.41) is 5.30. The number of aromatic amines is 1. The van der Waals surface area contributed by atoms with Gasteiger partial charge >= 0.3 is 17.3 Å². The quantitative estimate of drug-likeness (QED) is 0.0505. The Morgan fingerprint density at radius 2 is 1.62 bits per heavy atom. The number of aryl methyl sites for hydroxylation is 2. The Morgan fingerprint density at radius 1 is 1.00 bits per heavy atom. The molecule has 5 N–H and O–H groups in total. The van der Waals surface area contributed by atoms with E-state index in [4.69, 9.17) is 18.7 Å². The number of nitrogens with one attached hydrogen (secondary N) is 3. The number of ether oxygens (including phenoxy) is 1. The molecule has 2 heterocycles. The number of carbonyl (C=O) groups excluding carboxylic acids is 3. The Morgan fingerprint density at radius 3 is 2.21 bits per heavy atom. The van der Waals surface area contributed by atoms with Crippen LogP contribution in [0.4, 0.5) is 5.82 Å². The Hall–Kier alpha value is -4.04. The van der Waals surface area contributed by atoms with Crippen LogP contribution in [0.1, 0.15) is 86.3 Å². The van der Waals surface area contributed by atoms with Crippen molar-refractivity contribution in [1.82, 2.24) is 10.3 Å². The van der Waals surface area contributed by atoms with Crippen molar-refractivity contribution in [3.63, 3.8) is 0 Å². The molecule has 0 spiro atoms. The number of hydrogen-bond donors (Lipinski definition) is 5. The fraction of sp³-hybridized carbons (Fsp3) is 0.486. The first-order valence-electron chi connectivity index (χ1n) is 16.8. The van der Waals surface area contributed by atoms with Crippen LogP contribution < -0.4 is 15.4 Å². The SMILES string of the molecule is CC(=O)NC1=NC(=Cc2[nH]c(NC(C)=O)c(C(=O)Oc3c(C)cc(C)c(S(=O)(=O)O)c3C)c2C)C(C)=C1COOC1C(C)CC(C)C(OS(=O)O)C1C. The predicted octanol–water partition coefficient (Wildman–Crippen LogP) is 5.03. The lowest BCUT2D eigenvalue weighted by Gasteiger charge is -2.41. The minimum atomic E-state index is -4.64. The standard InChI is InChI=1S/C35H46N4O12S2/c1-15-12-18(4)32(53(45,46)47)22(8)29(15)49-35(42)28-20(6)27(39-34(28)37-24(10)41)13-26-19(5)25(33(38-26)36-23(9)40)14-48-50-30-16(2)11-17(3)31(21(30)7)51-52(43)44/h12-13,16-17,21,30-31,39H,11,14H2,1-10H3,(H,37,41)(H,43,44)(H,36,38,40)(H,45,46,47). The lowest BCUT2D eigenvalue weighted by Crippen LogP contribution is -2.47. The highest BCUT2D eigenvalue weighted by atomic mass is 32.2. The Kier molecular flexibility index (Phi) is 13.0. The molecule has 4 rings (SSSR count). The molecule has 6 unspecified atom stereocenters. The van der Waals surface area contributed by atoms with Crippen molar-refractivity contribution >= 4 is 57.0 Å². The summed E-state index contributed by atoms with van der Waals surface area (Å²) in [7, 11) is -4.64. The largest absolute Gasteiger partial charge is 0.422 e. The second-order valence-electron chi connectivity index (χ2n) is 13.7. The van der Waals surface area contributed by atoms with E-state index < -0.39 is 45.6 Å². The van der Waals surface area contributed by atoms with Crippen LogP contribution in [0.5, 0.6) is 5.75 Å². The van der Waals surface area contributed by atoms with E-state index in [2.05, 4.69) is 20.6 Å². The Bertz CT molecular complexity index is 2050. The predicted molar refractivity (Wildman–Crippen MR) is 196 cm³/mol. The lowest BCUT2D eigenvalue weighted by molar-refractivity contribution is -0.345. The number of aromatic nitrogens is 1. The number of anilines is 1. The second kappa shape index (κ2) is 16.5. The third-order valence-corrected chi connectivity index (χ3v) is 11.0. The van der Waals surface area contributed by atoms with Gasteiger partial charge in [-0.3, -0.25) is 22.9 Å². The lowest BCUT2D eigenvalue weighted by atomic mass is 9.73. The number of hydrogen-bond acceptors (Lipinski definition) is 11. The summed E-state index contributed by atoms with van der Waals surface area (Å²) in [6.45, 7) is 16.2. The minimum absolute atomic E-state index is 0.0145. The molecular formula is C35H46N4O12S2. The molecule has 290 valence electrons. The topological polar surface area (TPSA) is 232 Å². The number of esters is 1.